The molecule has 1 saturated carbocycles. The number of rotatable bonds is 3. The van der Waals surface area contributed by atoms with Gasteiger partial charge in [-0.2, -0.15) is 5.26 Å². The van der Waals surface area contributed by atoms with E-state index < -0.39 is 0 Å². The van der Waals surface area contributed by atoms with Gasteiger partial charge in [-0.05, 0) is 25.0 Å². The van der Waals surface area contributed by atoms with Crippen LogP contribution in [-0.4, -0.2) is 23.5 Å². The molecule has 0 heterocycles. The zero-order valence-corrected chi connectivity index (χ0v) is 10.3. The molecule has 1 aliphatic rings. The molecule has 1 aromatic carbocycles. The number of benzene rings is 1. The van der Waals surface area contributed by atoms with E-state index in [-0.39, 0.29) is 18.6 Å². The Morgan fingerprint density at radius 3 is 2.61 bits per heavy atom. The number of hydrogen-bond donors (Lipinski definition) is 1. The molecule has 1 N–H and O–H groups in total. The fourth-order valence-corrected chi connectivity index (χ4v) is 2.38. The van der Waals surface area contributed by atoms with Crippen molar-refractivity contribution in [2.24, 2.45) is 0 Å². The molecule has 0 bridgehead atoms. The van der Waals surface area contributed by atoms with Crippen LogP contribution in [0.15, 0.2) is 30.3 Å². The molecule has 0 aromatic heterocycles. The topological polar surface area (TPSA) is 56.1 Å². The van der Waals surface area contributed by atoms with E-state index in [1.165, 1.54) is 0 Å². The average Bonchev–Trinajstić information content (AvgIpc) is 2.90. The summed E-state index contributed by atoms with van der Waals surface area (Å²) in [6, 6.07) is 11.5. The minimum Gasteiger partial charge on any atom is -0.308 e. The van der Waals surface area contributed by atoms with Gasteiger partial charge in [0.1, 0.15) is 6.54 Å². The molecule has 2 amide bonds. The first-order chi connectivity index (χ1) is 8.81. The van der Waals surface area contributed by atoms with Crippen LogP contribution in [-0.2, 0) is 0 Å². The number of nitriles is 1. The molecule has 1 aliphatic carbocycles. The Labute approximate surface area is 107 Å². The van der Waals surface area contributed by atoms with Crippen LogP contribution >= 0.6 is 0 Å². The number of carbonyl (C=O) groups excluding carboxylic acids is 1. The van der Waals surface area contributed by atoms with Crippen molar-refractivity contribution in [3.8, 4) is 6.07 Å². The third kappa shape index (κ3) is 3.01. The molecule has 2 rings (SSSR count). The van der Waals surface area contributed by atoms with E-state index in [1.807, 2.05) is 30.3 Å². The van der Waals surface area contributed by atoms with Crippen LogP contribution < -0.4 is 5.32 Å². The van der Waals surface area contributed by atoms with E-state index in [0.29, 0.717) is 0 Å². The predicted octanol–water partition coefficient (Wildman–Crippen LogP) is 2.99. The maximum Gasteiger partial charge on any atom is 0.322 e. The SMILES string of the molecule is N#CCN(C(=O)Nc1ccccc1)C1CCCC1. The Bertz CT molecular complexity index is 432. The van der Waals surface area contributed by atoms with Crippen molar-refractivity contribution in [2.45, 2.75) is 31.7 Å². The largest absolute Gasteiger partial charge is 0.322 e. The number of urea groups is 1. The Hall–Kier alpha value is -2.02. The van der Waals surface area contributed by atoms with Gasteiger partial charge in [0.25, 0.3) is 0 Å². The third-order valence-corrected chi connectivity index (χ3v) is 3.29. The summed E-state index contributed by atoms with van der Waals surface area (Å²) in [5, 5.41) is 11.7. The highest BCUT2D eigenvalue weighted by Crippen LogP contribution is 2.23. The molecule has 0 unspecified atom stereocenters. The van der Waals surface area contributed by atoms with Crippen LogP contribution in [0, 0.1) is 11.3 Å². The lowest BCUT2D eigenvalue weighted by Crippen LogP contribution is -2.41. The summed E-state index contributed by atoms with van der Waals surface area (Å²) in [7, 11) is 0. The van der Waals surface area contributed by atoms with Crippen molar-refractivity contribution in [1.29, 1.82) is 5.26 Å². The summed E-state index contributed by atoms with van der Waals surface area (Å²) >= 11 is 0. The van der Waals surface area contributed by atoms with Crippen molar-refractivity contribution in [1.82, 2.24) is 4.90 Å². The van der Waals surface area contributed by atoms with Crippen molar-refractivity contribution in [3.63, 3.8) is 0 Å². The van der Waals surface area contributed by atoms with Crippen LogP contribution in [0.2, 0.25) is 0 Å². The van der Waals surface area contributed by atoms with Crippen LogP contribution in [0.3, 0.4) is 0 Å². The monoisotopic (exact) mass is 243 g/mol. The quantitative estimate of drug-likeness (QED) is 0.830. The van der Waals surface area contributed by atoms with Crippen molar-refractivity contribution in [3.05, 3.63) is 30.3 Å². The summed E-state index contributed by atoms with van der Waals surface area (Å²) < 4.78 is 0. The molecule has 1 aromatic rings. The minimum absolute atomic E-state index is 0.156. The molecule has 0 atom stereocenters. The molecule has 0 spiro atoms. The molecule has 0 saturated heterocycles. The van der Waals surface area contributed by atoms with Gasteiger partial charge in [-0.1, -0.05) is 31.0 Å². The summed E-state index contributed by atoms with van der Waals surface area (Å²) in [6.07, 6.45) is 4.30. The third-order valence-electron chi connectivity index (χ3n) is 3.29. The van der Waals surface area contributed by atoms with Crippen LogP contribution in [0.1, 0.15) is 25.7 Å². The van der Waals surface area contributed by atoms with E-state index in [0.717, 1.165) is 31.4 Å². The maximum absolute atomic E-state index is 12.2. The molecule has 94 valence electrons. The number of anilines is 1. The van der Waals surface area contributed by atoms with E-state index in [1.54, 1.807) is 4.90 Å². The van der Waals surface area contributed by atoms with Gasteiger partial charge in [0.2, 0.25) is 0 Å². The van der Waals surface area contributed by atoms with Gasteiger partial charge in [0.05, 0.1) is 6.07 Å². The van der Waals surface area contributed by atoms with Crippen molar-refractivity contribution in [2.75, 3.05) is 11.9 Å². The smallest absolute Gasteiger partial charge is 0.308 e. The molecule has 4 nitrogen and oxygen atoms in total. The fourth-order valence-electron chi connectivity index (χ4n) is 2.38. The Morgan fingerprint density at radius 1 is 1.33 bits per heavy atom. The zero-order chi connectivity index (χ0) is 12.8. The molecule has 0 aliphatic heterocycles. The maximum atomic E-state index is 12.2. The lowest BCUT2D eigenvalue weighted by molar-refractivity contribution is 0.197. The molecule has 4 heteroatoms. The predicted molar refractivity (Wildman–Crippen MR) is 70.0 cm³/mol. The molecule has 1 fully saturated rings. The Kier molecular flexibility index (Phi) is 4.19. The first kappa shape index (κ1) is 12.4. The van der Waals surface area contributed by atoms with Crippen LogP contribution in [0.4, 0.5) is 10.5 Å². The summed E-state index contributed by atoms with van der Waals surface area (Å²) in [5.41, 5.74) is 0.767. The highest BCUT2D eigenvalue weighted by molar-refractivity contribution is 5.89. The average molecular weight is 243 g/mol. The first-order valence-electron chi connectivity index (χ1n) is 6.31. The van der Waals surface area contributed by atoms with Crippen LogP contribution in [0.5, 0.6) is 0 Å². The minimum atomic E-state index is -0.172. The second-order valence-corrected chi connectivity index (χ2v) is 4.52. The Morgan fingerprint density at radius 2 is 2.00 bits per heavy atom. The fraction of sp³-hybridized carbons (Fsp3) is 0.429. The number of para-hydroxylation sites is 1. The zero-order valence-electron chi connectivity index (χ0n) is 10.3. The molecule has 0 radical (unpaired) electrons. The number of hydrogen-bond acceptors (Lipinski definition) is 2. The molecule has 18 heavy (non-hydrogen) atoms. The second-order valence-electron chi connectivity index (χ2n) is 4.52. The van der Waals surface area contributed by atoms with Gasteiger partial charge in [0.15, 0.2) is 0 Å². The van der Waals surface area contributed by atoms with E-state index in [2.05, 4.69) is 11.4 Å². The van der Waals surface area contributed by atoms with E-state index in [9.17, 15) is 4.79 Å². The number of amides is 2. The second kappa shape index (κ2) is 6.06. The van der Waals surface area contributed by atoms with Crippen LogP contribution in [0.25, 0.3) is 0 Å². The van der Waals surface area contributed by atoms with E-state index in [4.69, 9.17) is 5.26 Å². The van der Waals surface area contributed by atoms with Gasteiger partial charge >= 0.3 is 6.03 Å². The lowest BCUT2D eigenvalue weighted by Gasteiger charge is -2.26. The van der Waals surface area contributed by atoms with Crippen molar-refractivity contribution < 1.29 is 4.79 Å². The summed E-state index contributed by atoms with van der Waals surface area (Å²) in [6.45, 7) is 0.156. The summed E-state index contributed by atoms with van der Waals surface area (Å²) in [5.74, 6) is 0. The normalized spacial score (nSPS) is 15.1. The van der Waals surface area contributed by atoms with Gasteiger partial charge in [-0.3, -0.25) is 0 Å². The highest BCUT2D eigenvalue weighted by atomic mass is 16.2. The van der Waals surface area contributed by atoms with Gasteiger partial charge in [-0.15, -0.1) is 0 Å². The molecular formula is C14H17N3O. The van der Waals surface area contributed by atoms with Gasteiger partial charge < -0.3 is 10.2 Å². The number of nitrogens with one attached hydrogen (secondary N) is 1. The van der Waals surface area contributed by atoms with E-state index >= 15 is 0 Å². The van der Waals surface area contributed by atoms with Crippen molar-refractivity contribution >= 4 is 11.7 Å². The number of carbonyl (C=O) groups is 1. The Balaban J connectivity index is 2.02. The standard InChI is InChI=1S/C14H17N3O/c15-10-11-17(13-8-4-5-9-13)14(18)16-12-6-2-1-3-7-12/h1-3,6-7,13H,4-5,8-9,11H2,(H,16,18). The first-order valence-corrected chi connectivity index (χ1v) is 6.31. The lowest BCUT2D eigenvalue weighted by atomic mass is 10.2. The van der Waals surface area contributed by atoms with Gasteiger partial charge in [0, 0.05) is 11.7 Å². The van der Waals surface area contributed by atoms with Gasteiger partial charge in [-0.25, -0.2) is 4.79 Å². The summed E-state index contributed by atoms with van der Waals surface area (Å²) in [4.78, 5) is 13.8. The number of nitrogens with zero attached hydrogens (tertiary/aromatic N) is 2. The molecular weight excluding hydrogens is 226 g/mol. The highest BCUT2D eigenvalue weighted by Gasteiger charge is 2.26.